The molecule has 0 saturated heterocycles. The summed E-state index contributed by atoms with van der Waals surface area (Å²) in [6.45, 7) is 5.12. The van der Waals surface area contributed by atoms with Gasteiger partial charge in [0, 0.05) is 4.90 Å². The van der Waals surface area contributed by atoms with Crippen LogP contribution in [0, 0.1) is 13.8 Å². The van der Waals surface area contributed by atoms with Gasteiger partial charge in [0.25, 0.3) is 0 Å². The molecule has 0 aromatic heterocycles. The molecule has 1 aromatic rings. The second-order valence-corrected chi connectivity index (χ2v) is 4.49. The number of hydrogen-bond donors (Lipinski definition) is 1. The minimum Gasteiger partial charge on any atom is -0.330 e. The van der Waals surface area contributed by atoms with Crippen LogP contribution in [-0.2, 0) is 6.42 Å². The van der Waals surface area contributed by atoms with Gasteiger partial charge in [0.15, 0.2) is 0 Å². The summed E-state index contributed by atoms with van der Waals surface area (Å²) in [6.07, 6.45) is 4.32. The molecule has 0 radical (unpaired) electrons. The first-order valence-corrected chi connectivity index (χ1v) is 6.25. The summed E-state index contributed by atoms with van der Waals surface area (Å²) in [4.78, 5) is 1.40. The maximum Gasteiger partial charge on any atom is 0.0104 e. The van der Waals surface area contributed by atoms with Gasteiger partial charge in [-0.1, -0.05) is 6.07 Å². The monoisotopic (exact) mass is 209 g/mol. The first kappa shape index (κ1) is 11.6. The number of hydrogen-bond acceptors (Lipinski definition) is 2. The van der Waals surface area contributed by atoms with Gasteiger partial charge < -0.3 is 5.73 Å². The van der Waals surface area contributed by atoms with E-state index in [0.29, 0.717) is 0 Å². The van der Waals surface area contributed by atoms with Crippen molar-refractivity contribution >= 4 is 11.8 Å². The average Bonchev–Trinajstić information content (AvgIpc) is 2.19. The van der Waals surface area contributed by atoms with E-state index >= 15 is 0 Å². The number of benzene rings is 1. The molecule has 0 amide bonds. The Morgan fingerprint density at radius 2 is 1.86 bits per heavy atom. The van der Waals surface area contributed by atoms with Crippen LogP contribution in [-0.4, -0.2) is 12.8 Å². The van der Waals surface area contributed by atoms with Crippen LogP contribution in [0.25, 0.3) is 0 Å². The molecule has 78 valence electrons. The summed E-state index contributed by atoms with van der Waals surface area (Å²) in [5.74, 6) is 0. The number of aryl methyl sites for hydroxylation is 3. The number of nitrogens with two attached hydrogens (primary N) is 1. The predicted molar refractivity (Wildman–Crippen MR) is 65.1 cm³/mol. The van der Waals surface area contributed by atoms with Gasteiger partial charge in [0.1, 0.15) is 0 Å². The number of thioether (sulfide) groups is 1. The lowest BCUT2D eigenvalue weighted by Crippen LogP contribution is -2.01. The zero-order valence-electron chi connectivity index (χ0n) is 9.26. The SMILES string of the molecule is CSc1cc(C)c(C)cc1CCCN. The van der Waals surface area contributed by atoms with Crippen LogP contribution in [0.5, 0.6) is 0 Å². The van der Waals surface area contributed by atoms with Crippen molar-refractivity contribution in [1.82, 2.24) is 0 Å². The van der Waals surface area contributed by atoms with Gasteiger partial charge in [-0.05, 0) is 62.2 Å². The molecule has 1 aromatic carbocycles. The van der Waals surface area contributed by atoms with Crippen molar-refractivity contribution < 1.29 is 0 Å². The van der Waals surface area contributed by atoms with Crippen LogP contribution in [0.1, 0.15) is 23.1 Å². The van der Waals surface area contributed by atoms with Gasteiger partial charge in [-0.2, -0.15) is 0 Å². The fourth-order valence-electron chi connectivity index (χ4n) is 1.53. The van der Waals surface area contributed by atoms with E-state index in [4.69, 9.17) is 5.73 Å². The third-order valence-electron chi connectivity index (χ3n) is 2.55. The fourth-order valence-corrected chi connectivity index (χ4v) is 2.25. The van der Waals surface area contributed by atoms with Gasteiger partial charge in [-0.25, -0.2) is 0 Å². The normalized spacial score (nSPS) is 10.6. The summed E-state index contributed by atoms with van der Waals surface area (Å²) in [6, 6.07) is 4.59. The van der Waals surface area contributed by atoms with E-state index in [1.807, 2.05) is 11.8 Å². The molecule has 0 unspecified atom stereocenters. The van der Waals surface area contributed by atoms with Crippen molar-refractivity contribution in [3.63, 3.8) is 0 Å². The number of rotatable bonds is 4. The highest BCUT2D eigenvalue weighted by Gasteiger charge is 2.03. The second-order valence-electron chi connectivity index (χ2n) is 3.64. The van der Waals surface area contributed by atoms with Crippen LogP contribution in [0.2, 0.25) is 0 Å². The highest BCUT2D eigenvalue weighted by atomic mass is 32.2. The van der Waals surface area contributed by atoms with Crippen LogP contribution >= 0.6 is 11.8 Å². The topological polar surface area (TPSA) is 26.0 Å². The molecular formula is C12H19NS. The zero-order chi connectivity index (χ0) is 10.6. The van der Waals surface area contributed by atoms with Crippen molar-refractivity contribution in [2.75, 3.05) is 12.8 Å². The summed E-state index contributed by atoms with van der Waals surface area (Å²) in [7, 11) is 0. The quantitative estimate of drug-likeness (QED) is 0.772. The Bertz CT molecular complexity index is 307. The van der Waals surface area contributed by atoms with E-state index in [-0.39, 0.29) is 0 Å². The van der Waals surface area contributed by atoms with Crippen LogP contribution in [0.15, 0.2) is 17.0 Å². The molecule has 0 saturated carbocycles. The summed E-state index contributed by atoms with van der Waals surface area (Å²) >= 11 is 1.83. The lowest BCUT2D eigenvalue weighted by Gasteiger charge is -2.10. The molecule has 0 spiro atoms. The van der Waals surface area contributed by atoms with E-state index in [2.05, 4.69) is 32.2 Å². The second kappa shape index (κ2) is 5.42. The summed E-state index contributed by atoms with van der Waals surface area (Å²) in [5, 5.41) is 0. The van der Waals surface area contributed by atoms with Gasteiger partial charge in [0.05, 0.1) is 0 Å². The average molecular weight is 209 g/mol. The molecule has 0 bridgehead atoms. The van der Waals surface area contributed by atoms with E-state index in [0.717, 1.165) is 19.4 Å². The van der Waals surface area contributed by atoms with E-state index < -0.39 is 0 Å². The summed E-state index contributed by atoms with van der Waals surface area (Å²) in [5.41, 5.74) is 9.74. The Hall–Kier alpha value is -0.470. The molecule has 14 heavy (non-hydrogen) atoms. The van der Waals surface area contributed by atoms with Crippen molar-refractivity contribution in [2.45, 2.75) is 31.6 Å². The molecule has 0 aliphatic carbocycles. The largest absolute Gasteiger partial charge is 0.330 e. The van der Waals surface area contributed by atoms with Crippen LogP contribution in [0.4, 0.5) is 0 Å². The van der Waals surface area contributed by atoms with Crippen LogP contribution in [0.3, 0.4) is 0 Å². The van der Waals surface area contributed by atoms with Gasteiger partial charge in [-0.15, -0.1) is 11.8 Å². The molecule has 0 aliphatic heterocycles. The molecule has 2 N–H and O–H groups in total. The van der Waals surface area contributed by atoms with E-state index in [9.17, 15) is 0 Å². The molecule has 0 heterocycles. The summed E-state index contributed by atoms with van der Waals surface area (Å²) < 4.78 is 0. The van der Waals surface area contributed by atoms with Gasteiger partial charge in [0.2, 0.25) is 0 Å². The molecular weight excluding hydrogens is 190 g/mol. The molecule has 2 heteroatoms. The van der Waals surface area contributed by atoms with Crippen molar-refractivity contribution in [2.24, 2.45) is 5.73 Å². The van der Waals surface area contributed by atoms with Crippen molar-refractivity contribution in [3.8, 4) is 0 Å². The molecule has 0 atom stereocenters. The predicted octanol–water partition coefficient (Wildman–Crippen LogP) is 2.92. The minimum absolute atomic E-state index is 0.779. The Morgan fingerprint density at radius 1 is 1.21 bits per heavy atom. The smallest absolute Gasteiger partial charge is 0.0104 e. The zero-order valence-corrected chi connectivity index (χ0v) is 10.1. The molecule has 0 fully saturated rings. The minimum atomic E-state index is 0.779. The highest BCUT2D eigenvalue weighted by Crippen LogP contribution is 2.25. The first-order valence-electron chi connectivity index (χ1n) is 5.03. The maximum atomic E-state index is 5.53. The Kier molecular flexibility index (Phi) is 4.49. The Balaban J connectivity index is 2.95. The van der Waals surface area contributed by atoms with Gasteiger partial charge >= 0.3 is 0 Å². The Morgan fingerprint density at radius 3 is 2.43 bits per heavy atom. The highest BCUT2D eigenvalue weighted by molar-refractivity contribution is 7.98. The lowest BCUT2D eigenvalue weighted by molar-refractivity contribution is 0.819. The molecule has 0 aliphatic rings. The maximum absolute atomic E-state index is 5.53. The van der Waals surface area contributed by atoms with E-state index in [1.165, 1.54) is 21.6 Å². The van der Waals surface area contributed by atoms with Gasteiger partial charge in [-0.3, -0.25) is 0 Å². The third-order valence-corrected chi connectivity index (χ3v) is 3.37. The standard InChI is InChI=1S/C12H19NS/c1-9-7-11(5-4-6-13)12(14-3)8-10(9)2/h7-8H,4-6,13H2,1-3H3. The lowest BCUT2D eigenvalue weighted by atomic mass is 10.0. The van der Waals surface area contributed by atoms with Crippen molar-refractivity contribution in [3.05, 3.63) is 28.8 Å². The van der Waals surface area contributed by atoms with E-state index in [1.54, 1.807) is 0 Å². The fraction of sp³-hybridized carbons (Fsp3) is 0.500. The first-order chi connectivity index (χ1) is 6.69. The molecule has 1 nitrogen and oxygen atoms in total. The van der Waals surface area contributed by atoms with Crippen molar-refractivity contribution in [1.29, 1.82) is 0 Å². The Labute approximate surface area is 91.1 Å². The molecule has 1 rings (SSSR count). The van der Waals surface area contributed by atoms with Crippen LogP contribution < -0.4 is 5.73 Å². The third kappa shape index (κ3) is 2.76.